The third-order valence-electron chi connectivity index (χ3n) is 2.53. The molecule has 102 valence electrons. The van der Waals surface area contributed by atoms with Crippen molar-refractivity contribution in [2.24, 2.45) is 0 Å². The summed E-state index contributed by atoms with van der Waals surface area (Å²) >= 11 is 0. The number of nitrogens with zero attached hydrogens (tertiary/aromatic N) is 1. The number of halogens is 2. The molecule has 0 saturated heterocycles. The highest BCUT2D eigenvalue weighted by Crippen LogP contribution is 2.35. The number of methoxy groups -OCH3 is 1. The summed E-state index contributed by atoms with van der Waals surface area (Å²) < 4.78 is 37.5. The molecule has 2 aromatic rings. The molecule has 0 spiro atoms. The van der Waals surface area contributed by atoms with E-state index in [-0.39, 0.29) is 17.2 Å². The molecular weight excluding hydrogens is 266 g/mol. The average molecular weight is 276 g/mol. The van der Waals surface area contributed by atoms with E-state index in [0.29, 0.717) is 5.56 Å². The Hall–Kier alpha value is -2.81. The fraction of sp³-hybridized carbons (Fsp3) is 0.0714. The van der Waals surface area contributed by atoms with E-state index in [1.165, 1.54) is 25.3 Å². The molecule has 2 aromatic carbocycles. The van der Waals surface area contributed by atoms with Gasteiger partial charge < -0.3 is 15.2 Å². The molecule has 0 bridgehead atoms. The van der Waals surface area contributed by atoms with E-state index in [2.05, 4.69) is 0 Å². The third-order valence-corrected chi connectivity index (χ3v) is 2.53. The van der Waals surface area contributed by atoms with Gasteiger partial charge in [0.2, 0.25) is 0 Å². The predicted octanol–water partition coefficient (Wildman–Crippen LogP) is 3.22. The first-order valence-corrected chi connectivity index (χ1v) is 5.55. The average Bonchev–Trinajstić information content (AvgIpc) is 2.42. The van der Waals surface area contributed by atoms with E-state index >= 15 is 0 Å². The van der Waals surface area contributed by atoms with Crippen molar-refractivity contribution in [3.8, 4) is 23.3 Å². The number of nitrogen functional groups attached to an aromatic ring is 1. The first-order chi connectivity index (χ1) is 9.55. The van der Waals surface area contributed by atoms with E-state index in [1.54, 1.807) is 0 Å². The minimum absolute atomic E-state index is 0.0425. The second-order valence-corrected chi connectivity index (χ2v) is 3.89. The summed E-state index contributed by atoms with van der Waals surface area (Å²) in [6, 6.07) is 8.08. The molecule has 0 atom stereocenters. The normalized spacial score (nSPS) is 9.90. The third kappa shape index (κ3) is 2.62. The number of hydrogen-bond donors (Lipinski definition) is 1. The van der Waals surface area contributed by atoms with Crippen molar-refractivity contribution in [2.45, 2.75) is 0 Å². The van der Waals surface area contributed by atoms with E-state index in [4.69, 9.17) is 20.5 Å². The molecule has 4 nitrogen and oxygen atoms in total. The predicted molar refractivity (Wildman–Crippen MR) is 68.6 cm³/mol. The van der Waals surface area contributed by atoms with Gasteiger partial charge in [-0.25, -0.2) is 8.78 Å². The summed E-state index contributed by atoms with van der Waals surface area (Å²) in [5.41, 5.74) is 5.62. The van der Waals surface area contributed by atoms with Crippen LogP contribution < -0.4 is 15.2 Å². The smallest absolute Gasteiger partial charge is 0.198 e. The number of benzene rings is 2. The number of anilines is 1. The van der Waals surface area contributed by atoms with Crippen molar-refractivity contribution in [1.82, 2.24) is 0 Å². The van der Waals surface area contributed by atoms with Crippen LogP contribution >= 0.6 is 0 Å². The van der Waals surface area contributed by atoms with Gasteiger partial charge >= 0.3 is 0 Å². The second-order valence-electron chi connectivity index (χ2n) is 3.89. The molecule has 0 aliphatic heterocycles. The largest absolute Gasteiger partial charge is 0.493 e. The maximum Gasteiger partial charge on any atom is 0.198 e. The molecule has 6 heteroatoms. The summed E-state index contributed by atoms with van der Waals surface area (Å²) in [6.45, 7) is 0. The number of ether oxygens (including phenoxy) is 2. The molecule has 0 fully saturated rings. The van der Waals surface area contributed by atoms with Gasteiger partial charge in [-0.05, 0) is 12.1 Å². The Kier molecular flexibility index (Phi) is 3.71. The highest BCUT2D eigenvalue weighted by Gasteiger charge is 2.15. The van der Waals surface area contributed by atoms with Crippen LogP contribution in [0.4, 0.5) is 14.5 Å². The van der Waals surface area contributed by atoms with Gasteiger partial charge in [-0.15, -0.1) is 0 Å². The maximum absolute atomic E-state index is 13.6. The second kappa shape index (κ2) is 5.45. The van der Waals surface area contributed by atoms with Gasteiger partial charge in [0.15, 0.2) is 28.9 Å². The minimum Gasteiger partial charge on any atom is -0.493 e. The molecule has 2 N–H and O–H groups in total. The summed E-state index contributed by atoms with van der Waals surface area (Å²) in [6.07, 6.45) is 0. The fourth-order valence-electron chi connectivity index (χ4n) is 1.61. The Morgan fingerprint density at radius 1 is 1.10 bits per heavy atom. The van der Waals surface area contributed by atoms with Gasteiger partial charge in [0.1, 0.15) is 0 Å². The van der Waals surface area contributed by atoms with E-state index < -0.39 is 17.4 Å². The molecule has 0 aliphatic carbocycles. The van der Waals surface area contributed by atoms with Crippen molar-refractivity contribution in [1.29, 1.82) is 5.26 Å². The number of nitrogens with two attached hydrogens (primary N) is 1. The SMILES string of the molecule is COc1cc(C#N)ccc1Oc1c(F)cc(N)cc1F. The lowest BCUT2D eigenvalue weighted by Gasteiger charge is -2.12. The monoisotopic (exact) mass is 276 g/mol. The Labute approximate surface area is 114 Å². The number of nitriles is 1. The van der Waals surface area contributed by atoms with Gasteiger partial charge in [-0.2, -0.15) is 5.26 Å². The molecule has 0 aliphatic rings. The molecule has 20 heavy (non-hydrogen) atoms. The Balaban J connectivity index is 2.43. The lowest BCUT2D eigenvalue weighted by molar-refractivity contribution is 0.359. The van der Waals surface area contributed by atoms with Crippen LogP contribution in [0.2, 0.25) is 0 Å². The highest BCUT2D eigenvalue weighted by atomic mass is 19.1. The van der Waals surface area contributed by atoms with Crippen LogP contribution in [-0.2, 0) is 0 Å². The molecular formula is C14H10F2N2O2. The summed E-state index contributed by atoms with van der Waals surface area (Å²) in [4.78, 5) is 0. The minimum atomic E-state index is -0.922. The van der Waals surface area contributed by atoms with Crippen LogP contribution in [0.3, 0.4) is 0 Å². The number of rotatable bonds is 3. The zero-order valence-corrected chi connectivity index (χ0v) is 10.5. The molecule has 0 aromatic heterocycles. The molecule has 0 amide bonds. The van der Waals surface area contributed by atoms with E-state index in [1.807, 2.05) is 6.07 Å². The van der Waals surface area contributed by atoms with Crippen LogP contribution in [-0.4, -0.2) is 7.11 Å². The summed E-state index contributed by atoms with van der Waals surface area (Å²) in [5, 5.41) is 8.78. The molecule has 2 rings (SSSR count). The van der Waals surface area contributed by atoms with Crippen molar-refractivity contribution in [3.05, 3.63) is 47.5 Å². The maximum atomic E-state index is 13.6. The zero-order valence-electron chi connectivity index (χ0n) is 10.5. The van der Waals surface area contributed by atoms with Crippen molar-refractivity contribution >= 4 is 5.69 Å². The van der Waals surface area contributed by atoms with Crippen LogP contribution in [0.1, 0.15) is 5.56 Å². The van der Waals surface area contributed by atoms with Gasteiger partial charge in [0.05, 0.1) is 18.7 Å². The Morgan fingerprint density at radius 2 is 1.75 bits per heavy atom. The summed E-state index contributed by atoms with van der Waals surface area (Å²) in [5.74, 6) is -2.14. The van der Waals surface area contributed by atoms with Gasteiger partial charge in [-0.3, -0.25) is 0 Å². The molecule has 0 radical (unpaired) electrons. The lowest BCUT2D eigenvalue weighted by atomic mass is 10.2. The lowest BCUT2D eigenvalue weighted by Crippen LogP contribution is -1.97. The molecule has 0 unspecified atom stereocenters. The fourth-order valence-corrected chi connectivity index (χ4v) is 1.61. The Morgan fingerprint density at radius 3 is 2.30 bits per heavy atom. The van der Waals surface area contributed by atoms with Crippen molar-refractivity contribution in [3.63, 3.8) is 0 Å². The van der Waals surface area contributed by atoms with Gasteiger partial charge in [0.25, 0.3) is 0 Å². The van der Waals surface area contributed by atoms with Crippen LogP contribution in [0.5, 0.6) is 17.2 Å². The summed E-state index contributed by atoms with van der Waals surface area (Å²) in [7, 11) is 1.36. The Bertz CT molecular complexity index is 673. The highest BCUT2D eigenvalue weighted by molar-refractivity contribution is 5.50. The van der Waals surface area contributed by atoms with Crippen LogP contribution in [0, 0.1) is 23.0 Å². The van der Waals surface area contributed by atoms with Crippen molar-refractivity contribution in [2.75, 3.05) is 12.8 Å². The first kappa shape index (κ1) is 13.6. The van der Waals surface area contributed by atoms with Gasteiger partial charge in [-0.1, -0.05) is 0 Å². The quantitative estimate of drug-likeness (QED) is 0.874. The number of hydrogen-bond acceptors (Lipinski definition) is 4. The first-order valence-electron chi connectivity index (χ1n) is 5.55. The standard InChI is InChI=1S/C14H10F2N2O2/c1-19-13-4-8(7-17)2-3-12(13)20-14-10(15)5-9(18)6-11(14)16/h2-6H,18H2,1H3. The van der Waals surface area contributed by atoms with Gasteiger partial charge in [0, 0.05) is 23.9 Å². The zero-order chi connectivity index (χ0) is 14.7. The molecule has 0 saturated carbocycles. The topological polar surface area (TPSA) is 68.3 Å². The van der Waals surface area contributed by atoms with Crippen LogP contribution in [0.25, 0.3) is 0 Å². The molecule has 0 heterocycles. The van der Waals surface area contributed by atoms with Crippen LogP contribution in [0.15, 0.2) is 30.3 Å². The van der Waals surface area contributed by atoms with E-state index in [9.17, 15) is 8.78 Å². The van der Waals surface area contributed by atoms with Crippen molar-refractivity contribution < 1.29 is 18.3 Å². The van der Waals surface area contributed by atoms with E-state index in [0.717, 1.165) is 12.1 Å².